The van der Waals surface area contributed by atoms with Crippen molar-refractivity contribution in [1.82, 2.24) is 5.32 Å². The predicted octanol–water partition coefficient (Wildman–Crippen LogP) is 0.303. The van der Waals surface area contributed by atoms with Crippen LogP contribution in [0.1, 0.15) is 20.3 Å². The quantitative estimate of drug-likeness (QED) is 0.513. The van der Waals surface area contributed by atoms with Crippen LogP contribution in [-0.2, 0) is 14.9 Å². The predicted molar refractivity (Wildman–Crippen MR) is 48.6 cm³/mol. The van der Waals surface area contributed by atoms with Gasteiger partial charge in [0.1, 0.15) is 0 Å². The number of amides is 1. The van der Waals surface area contributed by atoms with Crippen LogP contribution < -0.4 is 5.32 Å². The summed E-state index contributed by atoms with van der Waals surface area (Å²) in [6.07, 6.45) is 1.02. The van der Waals surface area contributed by atoms with Crippen LogP contribution in [0.2, 0.25) is 0 Å². The van der Waals surface area contributed by atoms with Gasteiger partial charge in [0.2, 0.25) is 5.91 Å². The molecule has 0 rings (SSSR count). The molecule has 76 valence electrons. The smallest absolute Gasteiger partial charge is 0.288 e. The lowest BCUT2D eigenvalue weighted by Gasteiger charge is -2.25. The highest BCUT2D eigenvalue weighted by molar-refractivity contribution is 7.87. The maximum atomic E-state index is 10.8. The van der Waals surface area contributed by atoms with Gasteiger partial charge >= 0.3 is 0 Å². The third kappa shape index (κ3) is 2.82. The van der Waals surface area contributed by atoms with Crippen LogP contribution in [-0.4, -0.2) is 23.7 Å². The third-order valence-corrected chi connectivity index (χ3v) is 3.35. The molecule has 0 bridgehead atoms. The minimum atomic E-state index is -4.30. The van der Waals surface area contributed by atoms with E-state index in [9.17, 15) is 13.2 Å². The normalized spacial score (nSPS) is 15.9. The second kappa shape index (κ2) is 3.89. The summed E-state index contributed by atoms with van der Waals surface area (Å²) in [6.45, 7) is 5.94. The summed E-state index contributed by atoms with van der Waals surface area (Å²) in [5.41, 5.74) is 0. The molecule has 0 spiro atoms. The topological polar surface area (TPSA) is 83.5 Å². The number of hydrogen-bond acceptors (Lipinski definition) is 3. The number of rotatable bonds is 4. The molecule has 2 N–H and O–H groups in total. The molecular formula is C7H13NO4S. The van der Waals surface area contributed by atoms with E-state index in [2.05, 4.69) is 11.9 Å². The molecule has 5 nitrogen and oxygen atoms in total. The van der Waals surface area contributed by atoms with Crippen molar-refractivity contribution in [1.29, 1.82) is 0 Å². The Kier molecular flexibility index (Phi) is 3.62. The lowest BCUT2D eigenvalue weighted by Crippen LogP contribution is -2.50. The summed E-state index contributed by atoms with van der Waals surface area (Å²) in [4.78, 5) is 9.19. The number of carbonyl (C=O) groups is 1. The fourth-order valence-electron chi connectivity index (χ4n) is 0.647. The largest absolute Gasteiger partial charge is 0.332 e. The van der Waals surface area contributed by atoms with Crippen molar-refractivity contribution in [3.8, 4) is 0 Å². The van der Waals surface area contributed by atoms with Gasteiger partial charge in [-0.3, -0.25) is 9.35 Å². The van der Waals surface area contributed by atoms with Crippen LogP contribution in [0.4, 0.5) is 0 Å². The van der Waals surface area contributed by atoms with Crippen LogP contribution in [0.25, 0.3) is 0 Å². The van der Waals surface area contributed by atoms with E-state index in [0.29, 0.717) is 0 Å². The van der Waals surface area contributed by atoms with E-state index in [1.54, 1.807) is 0 Å². The third-order valence-electron chi connectivity index (χ3n) is 1.82. The van der Waals surface area contributed by atoms with E-state index >= 15 is 0 Å². The average molecular weight is 207 g/mol. The van der Waals surface area contributed by atoms with Gasteiger partial charge in [-0.1, -0.05) is 13.5 Å². The Bertz CT molecular complexity index is 308. The molecule has 0 aromatic rings. The van der Waals surface area contributed by atoms with Gasteiger partial charge in [-0.05, 0) is 19.4 Å². The highest BCUT2D eigenvalue weighted by Gasteiger charge is 2.36. The fraction of sp³-hybridized carbons (Fsp3) is 0.571. The Morgan fingerprint density at radius 1 is 1.69 bits per heavy atom. The molecule has 1 atom stereocenters. The van der Waals surface area contributed by atoms with Gasteiger partial charge in [-0.15, -0.1) is 0 Å². The maximum Gasteiger partial charge on any atom is 0.288 e. The van der Waals surface area contributed by atoms with Crippen LogP contribution in [0.15, 0.2) is 12.7 Å². The van der Waals surface area contributed by atoms with Crippen LogP contribution >= 0.6 is 0 Å². The second-order valence-electron chi connectivity index (χ2n) is 2.75. The molecule has 0 saturated heterocycles. The molecule has 0 aromatic heterocycles. The molecule has 0 heterocycles. The first-order chi connectivity index (χ1) is 5.77. The SMILES string of the molecule is C=CC(=O)NC(C)(CC)S(=O)(=O)O. The molecular weight excluding hydrogens is 194 g/mol. The minimum absolute atomic E-state index is 0.0748. The van der Waals surface area contributed by atoms with Gasteiger partial charge in [0, 0.05) is 0 Å². The van der Waals surface area contributed by atoms with E-state index in [1.165, 1.54) is 13.8 Å². The molecule has 0 fully saturated rings. The number of carbonyl (C=O) groups excluding carboxylic acids is 1. The van der Waals surface area contributed by atoms with Gasteiger partial charge in [-0.2, -0.15) is 8.42 Å². The lowest BCUT2D eigenvalue weighted by molar-refractivity contribution is -0.117. The molecule has 0 radical (unpaired) electrons. The zero-order chi connectivity index (χ0) is 10.7. The molecule has 0 aromatic carbocycles. The molecule has 0 saturated carbocycles. The van der Waals surface area contributed by atoms with Crippen LogP contribution in [0.5, 0.6) is 0 Å². The minimum Gasteiger partial charge on any atom is -0.332 e. The van der Waals surface area contributed by atoms with E-state index in [4.69, 9.17) is 4.55 Å². The lowest BCUT2D eigenvalue weighted by atomic mass is 10.2. The average Bonchev–Trinajstić information content (AvgIpc) is 2.02. The Hall–Kier alpha value is -0.880. The summed E-state index contributed by atoms with van der Waals surface area (Å²) in [7, 11) is -4.30. The molecule has 0 aliphatic rings. The number of hydrogen-bond donors (Lipinski definition) is 2. The summed E-state index contributed by atoms with van der Waals surface area (Å²) < 4.78 is 30.5. The van der Waals surface area contributed by atoms with Crippen molar-refractivity contribution in [2.45, 2.75) is 25.1 Å². The van der Waals surface area contributed by atoms with E-state index in [1.807, 2.05) is 0 Å². The second-order valence-corrected chi connectivity index (χ2v) is 4.60. The highest BCUT2D eigenvalue weighted by atomic mass is 32.2. The maximum absolute atomic E-state index is 10.8. The van der Waals surface area contributed by atoms with Gasteiger partial charge in [0.15, 0.2) is 4.87 Å². The summed E-state index contributed by atoms with van der Waals surface area (Å²) in [5.74, 6) is -0.637. The first-order valence-corrected chi connectivity index (χ1v) is 5.12. The van der Waals surface area contributed by atoms with E-state index < -0.39 is 20.9 Å². The zero-order valence-electron chi connectivity index (χ0n) is 7.57. The van der Waals surface area contributed by atoms with Gasteiger partial charge in [-0.25, -0.2) is 0 Å². The van der Waals surface area contributed by atoms with Gasteiger partial charge in [0.25, 0.3) is 10.1 Å². The number of nitrogens with one attached hydrogen (secondary N) is 1. The molecule has 1 amide bonds. The van der Waals surface area contributed by atoms with E-state index in [0.717, 1.165) is 6.08 Å². The van der Waals surface area contributed by atoms with Crippen molar-refractivity contribution in [3.05, 3.63) is 12.7 Å². The standard InChI is InChI=1S/C7H13NO4S/c1-4-6(9)8-7(3,5-2)13(10,11)12/h4H,1,5H2,2-3H3,(H,8,9)(H,10,11,12). The Morgan fingerprint density at radius 3 is 2.38 bits per heavy atom. The van der Waals surface area contributed by atoms with Crippen molar-refractivity contribution < 1.29 is 17.8 Å². The first kappa shape index (κ1) is 12.1. The summed E-state index contributed by atoms with van der Waals surface area (Å²) >= 11 is 0. The molecule has 0 aliphatic carbocycles. The van der Waals surface area contributed by atoms with Crippen LogP contribution in [0.3, 0.4) is 0 Å². The molecule has 1 unspecified atom stereocenters. The monoisotopic (exact) mass is 207 g/mol. The Labute approximate surface area is 77.6 Å². The highest BCUT2D eigenvalue weighted by Crippen LogP contribution is 2.15. The van der Waals surface area contributed by atoms with E-state index in [-0.39, 0.29) is 6.42 Å². The van der Waals surface area contributed by atoms with Crippen molar-refractivity contribution in [3.63, 3.8) is 0 Å². The Balaban J connectivity index is 4.87. The fourth-order valence-corrected chi connectivity index (χ4v) is 1.24. The van der Waals surface area contributed by atoms with Crippen LogP contribution in [0, 0.1) is 0 Å². The van der Waals surface area contributed by atoms with Crippen molar-refractivity contribution in [2.24, 2.45) is 0 Å². The zero-order valence-corrected chi connectivity index (χ0v) is 8.39. The molecule has 13 heavy (non-hydrogen) atoms. The summed E-state index contributed by atoms with van der Waals surface area (Å²) in [6, 6.07) is 0. The van der Waals surface area contributed by atoms with Crippen molar-refractivity contribution in [2.75, 3.05) is 0 Å². The van der Waals surface area contributed by atoms with Gasteiger partial charge in [0.05, 0.1) is 0 Å². The molecule has 6 heteroatoms. The Morgan fingerprint density at radius 2 is 2.15 bits per heavy atom. The first-order valence-electron chi connectivity index (χ1n) is 3.68. The van der Waals surface area contributed by atoms with Gasteiger partial charge < -0.3 is 5.32 Å². The van der Waals surface area contributed by atoms with Crippen molar-refractivity contribution >= 4 is 16.0 Å². The molecule has 0 aliphatic heterocycles. The summed E-state index contributed by atoms with van der Waals surface area (Å²) in [5, 5.41) is 2.14.